The van der Waals surface area contributed by atoms with Gasteiger partial charge >= 0.3 is 0 Å². The lowest BCUT2D eigenvalue weighted by atomic mass is 10.1. The van der Waals surface area contributed by atoms with Crippen LogP contribution in [-0.4, -0.2) is 4.99 Å². The maximum atomic E-state index is 5.73. The summed E-state index contributed by atoms with van der Waals surface area (Å²) in [5.41, 5.74) is 3.27. The molecule has 1 aromatic heterocycles. The van der Waals surface area contributed by atoms with Gasteiger partial charge in [-0.3, -0.25) is 0 Å². The lowest BCUT2D eigenvalue weighted by Crippen LogP contribution is -2.29. The van der Waals surface area contributed by atoms with Crippen LogP contribution in [0.3, 0.4) is 0 Å². The van der Waals surface area contributed by atoms with Gasteiger partial charge in [0.25, 0.3) is 0 Å². The van der Waals surface area contributed by atoms with Crippen molar-refractivity contribution >= 4 is 22.9 Å². The normalized spacial score (nSPS) is 10.4. The first kappa shape index (κ1) is 14.5. The lowest BCUT2D eigenvalue weighted by molar-refractivity contribution is 0.533. The molecule has 0 N–H and O–H groups in total. The predicted octanol–water partition coefficient (Wildman–Crippen LogP) is 4.97. The van der Waals surface area contributed by atoms with Gasteiger partial charge in [-0.25, -0.2) is 0 Å². The van der Waals surface area contributed by atoms with Crippen molar-refractivity contribution in [2.24, 2.45) is 0 Å². The highest BCUT2D eigenvalue weighted by atomic mass is 32.1. The van der Waals surface area contributed by atoms with Gasteiger partial charge in [-0.15, -0.1) is 0 Å². The molecule has 0 radical (unpaired) electrons. The number of rotatable bonds is 4. The molecule has 1 heterocycles. The molecule has 22 heavy (non-hydrogen) atoms. The summed E-state index contributed by atoms with van der Waals surface area (Å²) in [6.07, 6.45) is 1.68. The summed E-state index contributed by atoms with van der Waals surface area (Å²) in [6.45, 7) is 2.67. The van der Waals surface area contributed by atoms with Crippen molar-refractivity contribution in [2.75, 3.05) is 4.90 Å². The molecular weight excluding hydrogens is 290 g/mol. The van der Waals surface area contributed by atoms with Crippen LogP contribution in [0.2, 0.25) is 0 Å². The number of para-hydroxylation sites is 1. The van der Waals surface area contributed by atoms with E-state index in [1.54, 1.807) is 6.26 Å². The molecule has 2 aromatic carbocycles. The summed E-state index contributed by atoms with van der Waals surface area (Å²) in [5, 5.41) is 0. The summed E-state index contributed by atoms with van der Waals surface area (Å²) in [7, 11) is 0. The molecule has 0 fully saturated rings. The van der Waals surface area contributed by atoms with E-state index in [0.29, 0.717) is 0 Å². The Labute approximate surface area is 136 Å². The fourth-order valence-electron chi connectivity index (χ4n) is 2.41. The predicted molar refractivity (Wildman–Crippen MR) is 94.2 cm³/mol. The van der Waals surface area contributed by atoms with Crippen LogP contribution in [0.4, 0.5) is 5.69 Å². The Bertz CT molecular complexity index is 749. The number of furan rings is 1. The minimum atomic E-state index is 0.730. The van der Waals surface area contributed by atoms with Gasteiger partial charge in [-0.1, -0.05) is 60.7 Å². The van der Waals surface area contributed by atoms with E-state index in [1.165, 1.54) is 5.56 Å². The average molecular weight is 307 g/mol. The van der Waals surface area contributed by atoms with Crippen LogP contribution in [0.25, 0.3) is 0 Å². The Morgan fingerprint density at radius 2 is 1.59 bits per heavy atom. The van der Waals surface area contributed by atoms with Gasteiger partial charge in [0.2, 0.25) is 0 Å². The second-order valence-corrected chi connectivity index (χ2v) is 5.49. The first-order valence-corrected chi connectivity index (χ1v) is 7.61. The van der Waals surface area contributed by atoms with E-state index in [9.17, 15) is 0 Å². The van der Waals surface area contributed by atoms with Gasteiger partial charge in [-0.2, -0.15) is 0 Å². The van der Waals surface area contributed by atoms with Gasteiger partial charge in [0.15, 0.2) is 0 Å². The fraction of sp³-hybridized carbons (Fsp3) is 0.105. The molecule has 0 amide bonds. The highest BCUT2D eigenvalue weighted by Crippen LogP contribution is 2.22. The van der Waals surface area contributed by atoms with Crippen molar-refractivity contribution < 1.29 is 4.42 Å². The van der Waals surface area contributed by atoms with Crippen molar-refractivity contribution in [3.8, 4) is 0 Å². The van der Waals surface area contributed by atoms with E-state index in [4.69, 9.17) is 16.6 Å². The summed E-state index contributed by atoms with van der Waals surface area (Å²) in [5.74, 6) is 0.846. The van der Waals surface area contributed by atoms with Crippen LogP contribution in [0, 0.1) is 6.92 Å². The van der Waals surface area contributed by atoms with Gasteiger partial charge in [0.05, 0.1) is 11.8 Å². The monoisotopic (exact) mass is 307 g/mol. The second kappa shape index (κ2) is 6.58. The molecule has 110 valence electrons. The third-order valence-electron chi connectivity index (χ3n) is 3.59. The molecule has 3 rings (SSSR count). The molecule has 3 heteroatoms. The molecule has 0 saturated heterocycles. The third kappa shape index (κ3) is 3.10. The van der Waals surface area contributed by atoms with Crippen LogP contribution in [-0.2, 0) is 6.54 Å². The Balaban J connectivity index is 1.96. The smallest absolute Gasteiger partial charge is 0.117 e. The molecule has 0 spiro atoms. The molecule has 0 aliphatic carbocycles. The summed E-state index contributed by atoms with van der Waals surface area (Å²) in [4.78, 5) is 2.92. The van der Waals surface area contributed by atoms with Crippen LogP contribution in [0.1, 0.15) is 16.9 Å². The summed E-state index contributed by atoms with van der Waals surface area (Å²) >= 11 is 5.73. The zero-order valence-corrected chi connectivity index (χ0v) is 13.2. The van der Waals surface area contributed by atoms with Gasteiger partial charge in [-0.05, 0) is 30.7 Å². The topological polar surface area (TPSA) is 16.4 Å². The van der Waals surface area contributed by atoms with E-state index in [0.717, 1.165) is 28.5 Å². The Hall–Kier alpha value is -2.39. The summed E-state index contributed by atoms with van der Waals surface area (Å²) in [6, 6.07) is 22.5. The highest BCUT2D eigenvalue weighted by Gasteiger charge is 2.17. The fourth-order valence-corrected chi connectivity index (χ4v) is 2.79. The summed E-state index contributed by atoms with van der Waals surface area (Å²) < 4.78 is 5.41. The largest absolute Gasteiger partial charge is 0.469 e. The van der Waals surface area contributed by atoms with Crippen LogP contribution < -0.4 is 4.90 Å². The highest BCUT2D eigenvalue weighted by molar-refractivity contribution is 7.81. The van der Waals surface area contributed by atoms with Crippen molar-refractivity contribution in [3.63, 3.8) is 0 Å². The number of nitrogens with zero attached hydrogens (tertiary/aromatic N) is 1. The van der Waals surface area contributed by atoms with E-state index in [2.05, 4.69) is 29.2 Å². The SMILES string of the molecule is Cc1occc1C(=S)N(Cc1ccccc1)c1ccccc1. The van der Waals surface area contributed by atoms with Gasteiger partial charge in [0.1, 0.15) is 10.7 Å². The lowest BCUT2D eigenvalue weighted by Gasteiger charge is -2.25. The van der Waals surface area contributed by atoms with Crippen molar-refractivity contribution in [1.82, 2.24) is 0 Å². The van der Waals surface area contributed by atoms with Crippen LogP contribution >= 0.6 is 12.2 Å². The number of aryl methyl sites for hydroxylation is 1. The maximum Gasteiger partial charge on any atom is 0.117 e. The third-order valence-corrected chi connectivity index (χ3v) is 4.03. The molecule has 0 unspecified atom stereocenters. The first-order valence-electron chi connectivity index (χ1n) is 7.20. The molecular formula is C19H17NOS. The van der Waals surface area contributed by atoms with E-state index >= 15 is 0 Å². The number of benzene rings is 2. The first-order chi connectivity index (χ1) is 10.8. The number of hydrogen-bond acceptors (Lipinski definition) is 2. The second-order valence-electron chi connectivity index (χ2n) is 5.10. The molecule has 0 saturated carbocycles. The van der Waals surface area contributed by atoms with E-state index in [1.807, 2.05) is 49.4 Å². The maximum absolute atomic E-state index is 5.73. The Kier molecular flexibility index (Phi) is 4.35. The molecule has 2 nitrogen and oxygen atoms in total. The molecule has 3 aromatic rings. The molecule has 0 atom stereocenters. The zero-order chi connectivity index (χ0) is 15.4. The van der Waals surface area contributed by atoms with Gasteiger partial charge in [0, 0.05) is 12.2 Å². The van der Waals surface area contributed by atoms with Crippen molar-refractivity contribution in [2.45, 2.75) is 13.5 Å². The molecule has 0 bridgehead atoms. The van der Waals surface area contributed by atoms with E-state index < -0.39 is 0 Å². The number of anilines is 1. The minimum Gasteiger partial charge on any atom is -0.469 e. The minimum absolute atomic E-state index is 0.730. The zero-order valence-electron chi connectivity index (χ0n) is 12.4. The Morgan fingerprint density at radius 1 is 0.955 bits per heavy atom. The van der Waals surface area contributed by atoms with Crippen LogP contribution in [0.15, 0.2) is 77.4 Å². The molecule has 0 aliphatic rings. The quantitative estimate of drug-likeness (QED) is 0.633. The standard InChI is InChI=1S/C19H17NOS/c1-15-18(12-13-21-15)19(22)20(17-10-6-3-7-11-17)14-16-8-4-2-5-9-16/h2-13H,14H2,1H3. The molecule has 0 aliphatic heterocycles. The van der Waals surface area contributed by atoms with Gasteiger partial charge < -0.3 is 9.32 Å². The van der Waals surface area contributed by atoms with Crippen LogP contribution in [0.5, 0.6) is 0 Å². The van der Waals surface area contributed by atoms with Crippen molar-refractivity contribution in [3.05, 3.63) is 89.9 Å². The van der Waals surface area contributed by atoms with Crippen molar-refractivity contribution in [1.29, 1.82) is 0 Å². The number of thiocarbonyl (C=S) groups is 1. The van der Waals surface area contributed by atoms with E-state index in [-0.39, 0.29) is 0 Å². The number of hydrogen-bond donors (Lipinski definition) is 0. The average Bonchev–Trinajstić information content (AvgIpc) is 3.00. The Morgan fingerprint density at radius 3 is 2.18 bits per heavy atom.